The van der Waals surface area contributed by atoms with Gasteiger partial charge in [0.25, 0.3) is 9.76 Å². The zero-order chi connectivity index (χ0) is 16.6. The third kappa shape index (κ3) is 4.44. The SMILES string of the molecule is CCc1ccc([Si]OCC(c2ccccc2)c2ccccc2)cc1. The molecule has 0 fully saturated rings. The lowest BCUT2D eigenvalue weighted by Crippen LogP contribution is -2.21. The Labute approximate surface area is 147 Å². The highest BCUT2D eigenvalue weighted by Crippen LogP contribution is 2.24. The molecule has 0 atom stereocenters. The monoisotopic (exact) mass is 330 g/mol. The van der Waals surface area contributed by atoms with E-state index in [1.165, 1.54) is 21.9 Å². The molecule has 0 aliphatic carbocycles. The highest BCUT2D eigenvalue weighted by atomic mass is 28.2. The van der Waals surface area contributed by atoms with Crippen LogP contribution in [0, 0.1) is 0 Å². The van der Waals surface area contributed by atoms with Gasteiger partial charge in [-0.05, 0) is 28.3 Å². The van der Waals surface area contributed by atoms with Crippen molar-refractivity contribution in [3.8, 4) is 0 Å². The lowest BCUT2D eigenvalue weighted by atomic mass is 9.92. The molecule has 0 saturated heterocycles. The van der Waals surface area contributed by atoms with Crippen molar-refractivity contribution in [2.24, 2.45) is 0 Å². The molecule has 1 nitrogen and oxygen atoms in total. The first-order valence-corrected chi connectivity index (χ1v) is 9.34. The average Bonchev–Trinajstić information content (AvgIpc) is 2.67. The third-order valence-electron chi connectivity index (χ3n) is 4.21. The van der Waals surface area contributed by atoms with Gasteiger partial charge in [-0.15, -0.1) is 0 Å². The van der Waals surface area contributed by atoms with Crippen LogP contribution < -0.4 is 5.19 Å². The zero-order valence-electron chi connectivity index (χ0n) is 14.0. The van der Waals surface area contributed by atoms with E-state index < -0.39 is 0 Å². The predicted octanol–water partition coefficient (Wildman–Crippen LogP) is 4.34. The van der Waals surface area contributed by atoms with Gasteiger partial charge in [0.2, 0.25) is 0 Å². The van der Waals surface area contributed by atoms with E-state index in [4.69, 9.17) is 4.43 Å². The van der Waals surface area contributed by atoms with E-state index in [2.05, 4.69) is 91.9 Å². The van der Waals surface area contributed by atoms with Gasteiger partial charge in [0, 0.05) is 12.5 Å². The number of rotatable bonds is 7. The van der Waals surface area contributed by atoms with Gasteiger partial charge in [-0.3, -0.25) is 0 Å². The lowest BCUT2D eigenvalue weighted by molar-refractivity contribution is 0.325. The summed E-state index contributed by atoms with van der Waals surface area (Å²) in [7, 11) is 0.385. The molecular weight excluding hydrogens is 308 g/mol. The van der Waals surface area contributed by atoms with Gasteiger partial charge in [-0.2, -0.15) is 0 Å². The second kappa shape index (κ2) is 8.62. The van der Waals surface area contributed by atoms with E-state index in [0.717, 1.165) is 6.42 Å². The Bertz CT molecular complexity index is 683. The van der Waals surface area contributed by atoms with Gasteiger partial charge in [-0.25, -0.2) is 0 Å². The minimum Gasteiger partial charge on any atom is -0.410 e. The fraction of sp³-hybridized carbons (Fsp3) is 0.182. The molecule has 0 bridgehead atoms. The first-order valence-electron chi connectivity index (χ1n) is 8.43. The second-order valence-electron chi connectivity index (χ2n) is 5.84. The summed E-state index contributed by atoms with van der Waals surface area (Å²) in [5, 5.41) is 1.26. The van der Waals surface area contributed by atoms with E-state index in [9.17, 15) is 0 Å². The van der Waals surface area contributed by atoms with Crippen molar-refractivity contribution in [2.75, 3.05) is 6.61 Å². The van der Waals surface area contributed by atoms with Crippen molar-refractivity contribution in [3.05, 3.63) is 102 Å². The molecule has 24 heavy (non-hydrogen) atoms. The Balaban J connectivity index is 1.68. The standard InChI is InChI=1S/C22H22OSi/c1-2-18-13-15-21(16-14-18)24-23-17-22(19-9-5-3-6-10-19)20-11-7-4-8-12-20/h3-16,22H,2,17H2,1H3. The molecule has 0 spiro atoms. The van der Waals surface area contributed by atoms with Gasteiger partial charge < -0.3 is 4.43 Å². The number of benzene rings is 3. The summed E-state index contributed by atoms with van der Waals surface area (Å²) in [5.41, 5.74) is 3.97. The van der Waals surface area contributed by atoms with Crippen molar-refractivity contribution in [1.29, 1.82) is 0 Å². The Morgan fingerprint density at radius 3 is 1.79 bits per heavy atom. The molecule has 120 valence electrons. The lowest BCUT2D eigenvalue weighted by Gasteiger charge is -2.18. The van der Waals surface area contributed by atoms with Crippen LogP contribution in [0.15, 0.2) is 84.9 Å². The molecule has 3 aromatic rings. The fourth-order valence-electron chi connectivity index (χ4n) is 2.77. The maximum absolute atomic E-state index is 6.09. The van der Waals surface area contributed by atoms with Gasteiger partial charge >= 0.3 is 0 Å². The molecule has 0 aliphatic heterocycles. The molecule has 0 N–H and O–H groups in total. The normalized spacial score (nSPS) is 10.9. The summed E-state index contributed by atoms with van der Waals surface area (Å²) in [6, 6.07) is 30.0. The van der Waals surface area contributed by atoms with E-state index in [0.29, 0.717) is 16.4 Å². The number of hydrogen-bond acceptors (Lipinski definition) is 1. The van der Waals surface area contributed by atoms with Crippen LogP contribution in [0.3, 0.4) is 0 Å². The summed E-state index contributed by atoms with van der Waals surface area (Å²) in [5.74, 6) is 0.273. The third-order valence-corrected chi connectivity index (χ3v) is 5.09. The van der Waals surface area contributed by atoms with Crippen molar-refractivity contribution >= 4 is 14.9 Å². The Hall–Kier alpha value is -2.16. The van der Waals surface area contributed by atoms with Crippen LogP contribution in [-0.4, -0.2) is 16.4 Å². The molecule has 3 aromatic carbocycles. The Morgan fingerprint density at radius 2 is 1.29 bits per heavy atom. The van der Waals surface area contributed by atoms with E-state index in [1.807, 2.05) is 0 Å². The van der Waals surface area contributed by atoms with Gasteiger partial charge in [0.05, 0.1) is 0 Å². The van der Waals surface area contributed by atoms with Crippen molar-refractivity contribution in [3.63, 3.8) is 0 Å². The van der Waals surface area contributed by atoms with Crippen LogP contribution >= 0.6 is 0 Å². The van der Waals surface area contributed by atoms with Crippen LogP contribution in [0.25, 0.3) is 0 Å². The maximum Gasteiger partial charge on any atom is 0.268 e. The molecular formula is C22H22OSi. The summed E-state index contributed by atoms with van der Waals surface area (Å²) >= 11 is 0. The molecule has 2 heteroatoms. The molecule has 0 saturated carbocycles. The molecule has 3 rings (SSSR count). The first-order chi connectivity index (χ1) is 11.9. The van der Waals surface area contributed by atoms with Crippen LogP contribution in [0.5, 0.6) is 0 Å². The minimum absolute atomic E-state index is 0.273. The molecule has 0 aliphatic rings. The Morgan fingerprint density at radius 1 is 0.750 bits per heavy atom. The second-order valence-corrected chi connectivity index (χ2v) is 6.91. The molecule has 0 heterocycles. The predicted molar refractivity (Wildman–Crippen MR) is 102 cm³/mol. The zero-order valence-corrected chi connectivity index (χ0v) is 15.0. The van der Waals surface area contributed by atoms with Crippen LogP contribution in [0.1, 0.15) is 29.5 Å². The van der Waals surface area contributed by atoms with E-state index >= 15 is 0 Å². The fourth-order valence-corrected chi connectivity index (χ4v) is 3.49. The van der Waals surface area contributed by atoms with Crippen molar-refractivity contribution in [1.82, 2.24) is 0 Å². The minimum atomic E-state index is 0.273. The van der Waals surface area contributed by atoms with Gasteiger partial charge in [-0.1, -0.05) is 91.9 Å². The van der Waals surface area contributed by atoms with E-state index in [-0.39, 0.29) is 5.92 Å². The highest BCUT2D eigenvalue weighted by Gasteiger charge is 2.14. The van der Waals surface area contributed by atoms with Crippen LogP contribution in [-0.2, 0) is 10.8 Å². The maximum atomic E-state index is 6.09. The molecule has 0 aromatic heterocycles. The van der Waals surface area contributed by atoms with Gasteiger partial charge in [0.15, 0.2) is 0 Å². The number of aryl methyl sites for hydroxylation is 1. The average molecular weight is 331 g/mol. The van der Waals surface area contributed by atoms with Gasteiger partial charge in [0.1, 0.15) is 0 Å². The quantitative estimate of drug-likeness (QED) is 0.586. The largest absolute Gasteiger partial charge is 0.410 e. The summed E-state index contributed by atoms with van der Waals surface area (Å²) in [6.45, 7) is 2.88. The molecule has 0 unspecified atom stereocenters. The Kier molecular flexibility index (Phi) is 5.99. The smallest absolute Gasteiger partial charge is 0.268 e. The first kappa shape index (κ1) is 16.7. The summed E-state index contributed by atoms with van der Waals surface area (Å²) in [4.78, 5) is 0. The summed E-state index contributed by atoms with van der Waals surface area (Å²) < 4.78 is 6.09. The van der Waals surface area contributed by atoms with Crippen LogP contribution in [0.2, 0.25) is 0 Å². The van der Waals surface area contributed by atoms with E-state index in [1.54, 1.807) is 0 Å². The highest BCUT2D eigenvalue weighted by molar-refractivity contribution is 6.46. The topological polar surface area (TPSA) is 9.23 Å². The van der Waals surface area contributed by atoms with Crippen LogP contribution in [0.4, 0.5) is 0 Å². The number of hydrogen-bond donors (Lipinski definition) is 0. The molecule has 0 amide bonds. The summed E-state index contributed by atoms with van der Waals surface area (Å²) in [6.07, 6.45) is 1.08. The van der Waals surface area contributed by atoms with Crippen molar-refractivity contribution in [2.45, 2.75) is 19.3 Å². The van der Waals surface area contributed by atoms with Crippen molar-refractivity contribution < 1.29 is 4.43 Å². The molecule has 2 radical (unpaired) electrons.